The van der Waals surface area contributed by atoms with Crippen molar-refractivity contribution < 1.29 is 23.8 Å². The Morgan fingerprint density at radius 3 is 2.56 bits per heavy atom. The van der Waals surface area contributed by atoms with Crippen LogP contribution in [0.2, 0.25) is 5.02 Å². The van der Waals surface area contributed by atoms with E-state index in [1.165, 1.54) is 27.2 Å². The number of ether oxygens (including phenoxy) is 3. The molecule has 1 aliphatic rings. The SMILES string of the molecule is COC(=O)CCN1CCCC(OC)C1.COc1cc(N)c(Cl)cc1C(C)=O. The Bertz CT molecular complexity index is 639. The molecule has 0 aliphatic carbocycles. The van der Waals surface area contributed by atoms with Crippen LogP contribution >= 0.6 is 11.6 Å². The number of methoxy groups -OCH3 is 3. The summed E-state index contributed by atoms with van der Waals surface area (Å²) >= 11 is 5.75. The van der Waals surface area contributed by atoms with Gasteiger partial charge < -0.3 is 24.8 Å². The second-order valence-corrected chi connectivity index (χ2v) is 6.66. The second kappa shape index (κ2) is 11.8. The summed E-state index contributed by atoms with van der Waals surface area (Å²) in [6.07, 6.45) is 3.10. The third kappa shape index (κ3) is 7.74. The Morgan fingerprint density at radius 1 is 1.30 bits per heavy atom. The van der Waals surface area contributed by atoms with Crippen LogP contribution in [0.15, 0.2) is 12.1 Å². The van der Waals surface area contributed by atoms with Gasteiger partial charge in [0.2, 0.25) is 0 Å². The minimum Gasteiger partial charge on any atom is -0.496 e. The predicted molar refractivity (Wildman–Crippen MR) is 106 cm³/mol. The average Bonchev–Trinajstić information content (AvgIpc) is 2.68. The lowest BCUT2D eigenvalue weighted by atomic mass is 10.1. The van der Waals surface area contributed by atoms with Crippen molar-refractivity contribution in [3.63, 3.8) is 0 Å². The van der Waals surface area contributed by atoms with Crippen LogP contribution < -0.4 is 10.5 Å². The summed E-state index contributed by atoms with van der Waals surface area (Å²) in [6, 6.07) is 3.05. The number of carbonyl (C=O) groups excluding carboxylic acids is 2. The lowest BCUT2D eigenvalue weighted by Crippen LogP contribution is -2.40. The molecule has 1 aromatic rings. The smallest absolute Gasteiger partial charge is 0.306 e. The molecule has 1 fully saturated rings. The van der Waals surface area contributed by atoms with Gasteiger partial charge in [0.25, 0.3) is 0 Å². The normalized spacial score (nSPS) is 16.9. The number of nitrogens with two attached hydrogens (primary N) is 1. The van der Waals surface area contributed by atoms with Crippen molar-refractivity contribution in [2.45, 2.75) is 32.3 Å². The monoisotopic (exact) mass is 400 g/mol. The first-order valence-electron chi connectivity index (χ1n) is 8.78. The molecule has 2 rings (SSSR count). The zero-order valence-electron chi connectivity index (χ0n) is 16.4. The number of hydrogen-bond donors (Lipinski definition) is 1. The summed E-state index contributed by atoms with van der Waals surface area (Å²) in [4.78, 5) is 24.3. The molecule has 1 aromatic carbocycles. The highest BCUT2D eigenvalue weighted by atomic mass is 35.5. The maximum absolute atomic E-state index is 11.1. The summed E-state index contributed by atoms with van der Waals surface area (Å²) < 4.78 is 14.9. The number of anilines is 1. The molecule has 1 atom stereocenters. The van der Waals surface area contributed by atoms with E-state index in [-0.39, 0.29) is 11.8 Å². The van der Waals surface area contributed by atoms with Crippen LogP contribution in [0.5, 0.6) is 5.75 Å². The fourth-order valence-electron chi connectivity index (χ4n) is 2.77. The number of Topliss-reactive ketones (excluding diaryl/α,β-unsaturated/α-hetero) is 1. The van der Waals surface area contributed by atoms with Gasteiger partial charge in [0.05, 0.1) is 43.0 Å². The van der Waals surface area contributed by atoms with Crippen molar-refractivity contribution in [2.75, 3.05) is 46.7 Å². The van der Waals surface area contributed by atoms with E-state index in [0.717, 1.165) is 32.5 Å². The van der Waals surface area contributed by atoms with Gasteiger partial charge in [0, 0.05) is 26.3 Å². The van der Waals surface area contributed by atoms with Crippen molar-refractivity contribution in [2.24, 2.45) is 0 Å². The van der Waals surface area contributed by atoms with Gasteiger partial charge in [-0.25, -0.2) is 0 Å². The molecule has 0 spiro atoms. The molecule has 0 amide bonds. The number of rotatable bonds is 6. The van der Waals surface area contributed by atoms with Gasteiger partial charge in [-0.15, -0.1) is 0 Å². The van der Waals surface area contributed by atoms with Crippen LogP contribution in [-0.2, 0) is 14.3 Å². The molecule has 2 N–H and O–H groups in total. The number of esters is 1. The van der Waals surface area contributed by atoms with Crippen LogP contribution in [0.25, 0.3) is 0 Å². The van der Waals surface area contributed by atoms with E-state index in [9.17, 15) is 9.59 Å². The van der Waals surface area contributed by atoms with Gasteiger partial charge in [-0.1, -0.05) is 11.6 Å². The first-order chi connectivity index (χ1) is 12.8. The fraction of sp³-hybridized carbons (Fsp3) is 0.579. The number of halogens is 1. The molecule has 152 valence electrons. The molecular formula is C19H29ClN2O5. The molecule has 0 aromatic heterocycles. The summed E-state index contributed by atoms with van der Waals surface area (Å²) in [5, 5.41) is 0.367. The van der Waals surface area contributed by atoms with E-state index in [2.05, 4.69) is 9.64 Å². The molecule has 0 saturated carbocycles. The molecule has 8 heteroatoms. The highest BCUT2D eigenvalue weighted by molar-refractivity contribution is 6.33. The van der Waals surface area contributed by atoms with E-state index in [0.29, 0.717) is 34.5 Å². The van der Waals surface area contributed by atoms with Gasteiger partial charge in [-0.05, 0) is 32.4 Å². The van der Waals surface area contributed by atoms with Gasteiger partial charge in [-0.2, -0.15) is 0 Å². The van der Waals surface area contributed by atoms with Crippen molar-refractivity contribution in [3.05, 3.63) is 22.7 Å². The topological polar surface area (TPSA) is 91.1 Å². The number of ketones is 1. The van der Waals surface area contributed by atoms with Crippen molar-refractivity contribution in [1.29, 1.82) is 0 Å². The van der Waals surface area contributed by atoms with Crippen molar-refractivity contribution >= 4 is 29.0 Å². The number of nitrogen functional groups attached to an aromatic ring is 1. The summed E-state index contributed by atoms with van der Waals surface area (Å²) in [5.41, 5.74) is 6.39. The number of carbonyl (C=O) groups is 2. The zero-order valence-corrected chi connectivity index (χ0v) is 17.2. The van der Waals surface area contributed by atoms with Crippen molar-refractivity contribution in [1.82, 2.24) is 4.90 Å². The Morgan fingerprint density at radius 2 is 2.00 bits per heavy atom. The van der Waals surface area contributed by atoms with E-state index >= 15 is 0 Å². The molecule has 27 heavy (non-hydrogen) atoms. The van der Waals surface area contributed by atoms with Gasteiger partial charge in [0.15, 0.2) is 5.78 Å². The fourth-order valence-corrected chi connectivity index (χ4v) is 2.94. The van der Waals surface area contributed by atoms with Crippen LogP contribution in [0.3, 0.4) is 0 Å². The van der Waals surface area contributed by atoms with E-state index in [1.807, 2.05) is 0 Å². The molecule has 1 heterocycles. The van der Waals surface area contributed by atoms with Crippen LogP contribution in [0.4, 0.5) is 5.69 Å². The summed E-state index contributed by atoms with van der Waals surface area (Å²) in [6.45, 7) is 4.24. The highest BCUT2D eigenvalue weighted by Gasteiger charge is 2.19. The predicted octanol–water partition coefficient (Wildman–Crippen LogP) is 2.79. The quantitative estimate of drug-likeness (QED) is 0.446. The maximum atomic E-state index is 11.1. The first kappa shape index (κ1) is 23.2. The lowest BCUT2D eigenvalue weighted by molar-refractivity contribution is -0.141. The molecule has 0 bridgehead atoms. The third-order valence-corrected chi connectivity index (χ3v) is 4.68. The number of nitrogens with zero attached hydrogens (tertiary/aromatic N) is 1. The summed E-state index contributed by atoms with van der Waals surface area (Å²) in [5.74, 6) is 0.220. The maximum Gasteiger partial charge on any atom is 0.306 e. The van der Waals surface area contributed by atoms with Gasteiger partial charge >= 0.3 is 5.97 Å². The number of hydrogen-bond acceptors (Lipinski definition) is 7. The summed E-state index contributed by atoms with van der Waals surface area (Å²) in [7, 11) is 4.65. The number of piperidine rings is 1. The second-order valence-electron chi connectivity index (χ2n) is 6.26. The standard InChI is InChI=1S/C10H19NO3.C9H10ClNO2/c1-13-9-4-3-6-11(8-9)7-5-10(12)14-2;1-5(12)6-3-7(10)8(11)4-9(6)13-2/h9H,3-8H2,1-2H3;3-4H,11H2,1-2H3. The Balaban J connectivity index is 0.000000271. The minimum atomic E-state index is -0.135. The van der Waals surface area contributed by atoms with Crippen LogP contribution in [0, 0.1) is 0 Å². The highest BCUT2D eigenvalue weighted by Crippen LogP contribution is 2.28. The minimum absolute atomic E-state index is 0.0984. The Hall–Kier alpha value is -1.83. The molecule has 1 aliphatic heterocycles. The lowest BCUT2D eigenvalue weighted by Gasteiger charge is -2.31. The van der Waals surface area contributed by atoms with E-state index in [1.54, 1.807) is 13.2 Å². The molecular weight excluding hydrogens is 372 g/mol. The van der Waals surface area contributed by atoms with Crippen LogP contribution in [-0.4, -0.2) is 63.7 Å². The van der Waals surface area contributed by atoms with Crippen LogP contribution in [0.1, 0.15) is 36.5 Å². The number of likely N-dealkylation sites (tertiary alicyclic amines) is 1. The number of benzene rings is 1. The molecule has 1 unspecified atom stereocenters. The zero-order chi connectivity index (χ0) is 20.4. The Labute approximate surface area is 165 Å². The third-order valence-electron chi connectivity index (χ3n) is 4.35. The van der Waals surface area contributed by atoms with Gasteiger partial charge in [0.1, 0.15) is 5.75 Å². The Kier molecular flexibility index (Phi) is 10.1. The molecule has 7 nitrogen and oxygen atoms in total. The molecule has 0 radical (unpaired) electrons. The largest absolute Gasteiger partial charge is 0.496 e. The van der Waals surface area contributed by atoms with Gasteiger partial charge in [-0.3, -0.25) is 9.59 Å². The van der Waals surface area contributed by atoms with E-state index in [4.69, 9.17) is 26.8 Å². The van der Waals surface area contributed by atoms with Crippen molar-refractivity contribution in [3.8, 4) is 5.75 Å². The molecule has 1 saturated heterocycles. The average molecular weight is 401 g/mol. The van der Waals surface area contributed by atoms with E-state index < -0.39 is 0 Å². The first-order valence-corrected chi connectivity index (χ1v) is 9.16.